The zero-order valence-corrected chi connectivity index (χ0v) is 20.7. The van der Waals surface area contributed by atoms with Gasteiger partial charge in [0.05, 0.1) is 30.3 Å². The number of hydrogen-bond donors (Lipinski definition) is 2. The smallest absolute Gasteiger partial charge is 0.337 e. The van der Waals surface area contributed by atoms with Gasteiger partial charge in [0.25, 0.3) is 17.5 Å². The fourth-order valence-electron chi connectivity index (χ4n) is 3.07. The Labute approximate surface area is 214 Å². The molecule has 11 heteroatoms. The van der Waals surface area contributed by atoms with E-state index in [0.717, 1.165) is 0 Å². The first-order valence-corrected chi connectivity index (χ1v) is 11.1. The minimum absolute atomic E-state index is 0.119. The van der Waals surface area contributed by atoms with Crippen LogP contribution in [0.25, 0.3) is 6.08 Å². The number of hydrogen-bond acceptors (Lipinski definition) is 7. The molecule has 0 unspecified atom stereocenters. The normalized spacial score (nSPS) is 10.8. The lowest BCUT2D eigenvalue weighted by atomic mass is 10.1. The van der Waals surface area contributed by atoms with Crippen LogP contribution in [0.2, 0.25) is 0 Å². The maximum Gasteiger partial charge on any atom is 0.337 e. The standard InChI is InChI=1S/C25H20BrN3O7/c1-35-22-12-7-17(26)14-20(22)23(30)28-21(13-15-3-10-19(11-4-15)29(33)34)24(31)27-18-8-5-16(6-9-18)25(32)36-2/h3-14H,1-2H3,(H,27,31)(H,28,30). The van der Waals surface area contributed by atoms with E-state index in [9.17, 15) is 24.5 Å². The van der Waals surface area contributed by atoms with Crippen LogP contribution in [0.15, 0.2) is 76.9 Å². The summed E-state index contributed by atoms with van der Waals surface area (Å²) in [6, 6.07) is 16.3. The number of non-ortho nitro benzene ring substituents is 1. The van der Waals surface area contributed by atoms with Gasteiger partial charge in [0.1, 0.15) is 11.4 Å². The second-order valence-electron chi connectivity index (χ2n) is 7.23. The third-order valence-corrected chi connectivity index (χ3v) is 5.37. The molecular formula is C25H20BrN3O7. The number of nitro benzene ring substituents is 1. The quantitative estimate of drug-likeness (QED) is 0.180. The van der Waals surface area contributed by atoms with Crippen LogP contribution in [0.1, 0.15) is 26.3 Å². The van der Waals surface area contributed by atoms with Crippen LogP contribution in [0.5, 0.6) is 5.75 Å². The van der Waals surface area contributed by atoms with Gasteiger partial charge in [-0.2, -0.15) is 0 Å². The minimum atomic E-state index is -0.665. The Morgan fingerprint density at radius 3 is 2.22 bits per heavy atom. The number of rotatable bonds is 8. The molecule has 0 aliphatic heterocycles. The number of esters is 1. The summed E-state index contributed by atoms with van der Waals surface area (Å²) in [6.45, 7) is 0. The Kier molecular flexibility index (Phi) is 8.52. The zero-order valence-electron chi connectivity index (χ0n) is 19.1. The predicted molar refractivity (Wildman–Crippen MR) is 136 cm³/mol. The van der Waals surface area contributed by atoms with Crippen molar-refractivity contribution in [2.75, 3.05) is 19.5 Å². The molecule has 36 heavy (non-hydrogen) atoms. The number of halogens is 1. The van der Waals surface area contributed by atoms with Gasteiger partial charge in [-0.3, -0.25) is 19.7 Å². The molecule has 3 rings (SSSR count). The number of nitro groups is 1. The van der Waals surface area contributed by atoms with E-state index in [4.69, 9.17) is 4.74 Å². The summed E-state index contributed by atoms with van der Waals surface area (Å²) >= 11 is 3.31. The van der Waals surface area contributed by atoms with Crippen molar-refractivity contribution >= 4 is 51.2 Å². The number of carbonyl (C=O) groups excluding carboxylic acids is 3. The number of nitrogens with one attached hydrogen (secondary N) is 2. The maximum atomic E-state index is 13.1. The topological polar surface area (TPSA) is 137 Å². The number of carbonyl (C=O) groups is 3. The number of ether oxygens (including phenoxy) is 2. The Morgan fingerprint density at radius 2 is 1.64 bits per heavy atom. The molecule has 0 fully saturated rings. The molecule has 0 atom stereocenters. The van der Waals surface area contributed by atoms with Gasteiger partial charge in [0, 0.05) is 22.3 Å². The van der Waals surface area contributed by atoms with Crippen LogP contribution in [0.3, 0.4) is 0 Å². The van der Waals surface area contributed by atoms with E-state index in [0.29, 0.717) is 27.0 Å². The molecule has 0 aliphatic carbocycles. The van der Waals surface area contributed by atoms with E-state index in [1.54, 1.807) is 18.2 Å². The van der Waals surface area contributed by atoms with Gasteiger partial charge in [-0.15, -0.1) is 0 Å². The number of nitrogens with zero attached hydrogens (tertiary/aromatic N) is 1. The van der Waals surface area contributed by atoms with Crippen LogP contribution < -0.4 is 15.4 Å². The van der Waals surface area contributed by atoms with Crippen molar-refractivity contribution in [3.63, 3.8) is 0 Å². The molecule has 2 N–H and O–H groups in total. The fraction of sp³-hybridized carbons (Fsp3) is 0.0800. The van der Waals surface area contributed by atoms with Gasteiger partial charge in [0.2, 0.25) is 0 Å². The van der Waals surface area contributed by atoms with Gasteiger partial charge in [0.15, 0.2) is 0 Å². The molecule has 0 heterocycles. The Hall–Kier alpha value is -4.51. The fourth-order valence-corrected chi connectivity index (χ4v) is 3.43. The highest BCUT2D eigenvalue weighted by molar-refractivity contribution is 9.10. The molecule has 0 aliphatic rings. The monoisotopic (exact) mass is 553 g/mol. The second kappa shape index (κ2) is 11.8. The Morgan fingerprint density at radius 1 is 0.972 bits per heavy atom. The lowest BCUT2D eigenvalue weighted by molar-refractivity contribution is -0.384. The molecule has 0 aromatic heterocycles. The van der Waals surface area contributed by atoms with Gasteiger partial charge in [-0.1, -0.05) is 15.9 Å². The first kappa shape index (κ1) is 26.1. The van der Waals surface area contributed by atoms with Gasteiger partial charge in [-0.25, -0.2) is 4.79 Å². The number of amides is 2. The van der Waals surface area contributed by atoms with Crippen molar-refractivity contribution in [3.05, 3.63) is 104 Å². The third-order valence-electron chi connectivity index (χ3n) is 4.88. The summed E-state index contributed by atoms with van der Waals surface area (Å²) in [5.74, 6) is -1.51. The molecule has 0 saturated carbocycles. The molecular weight excluding hydrogens is 534 g/mol. The summed E-state index contributed by atoms with van der Waals surface area (Å²) in [5, 5.41) is 16.2. The average Bonchev–Trinajstić information content (AvgIpc) is 2.88. The molecule has 0 bridgehead atoms. The molecule has 0 radical (unpaired) electrons. The molecule has 3 aromatic carbocycles. The van der Waals surface area contributed by atoms with Gasteiger partial charge < -0.3 is 20.1 Å². The lowest BCUT2D eigenvalue weighted by Gasteiger charge is -2.13. The van der Waals surface area contributed by atoms with Crippen molar-refractivity contribution in [2.24, 2.45) is 0 Å². The van der Waals surface area contributed by atoms with Crippen LogP contribution in [-0.2, 0) is 9.53 Å². The van der Waals surface area contributed by atoms with E-state index in [2.05, 4.69) is 31.3 Å². The Bertz CT molecular complexity index is 1340. The van der Waals surface area contributed by atoms with E-state index in [1.165, 1.54) is 68.8 Å². The predicted octanol–water partition coefficient (Wildman–Crippen LogP) is 4.56. The van der Waals surface area contributed by atoms with Crippen molar-refractivity contribution < 1.29 is 28.8 Å². The highest BCUT2D eigenvalue weighted by Gasteiger charge is 2.19. The largest absolute Gasteiger partial charge is 0.496 e. The van der Waals surface area contributed by atoms with Gasteiger partial charge in [-0.05, 0) is 66.2 Å². The third kappa shape index (κ3) is 6.54. The van der Waals surface area contributed by atoms with Crippen LogP contribution in [0, 0.1) is 10.1 Å². The van der Waals surface area contributed by atoms with E-state index in [1.807, 2.05) is 0 Å². The second-order valence-corrected chi connectivity index (χ2v) is 8.14. The Balaban J connectivity index is 1.92. The minimum Gasteiger partial charge on any atom is -0.496 e. The molecule has 0 saturated heterocycles. The maximum absolute atomic E-state index is 13.1. The number of anilines is 1. The molecule has 184 valence electrons. The van der Waals surface area contributed by atoms with Crippen molar-refractivity contribution in [1.82, 2.24) is 5.32 Å². The lowest BCUT2D eigenvalue weighted by Crippen LogP contribution is -2.31. The van der Waals surface area contributed by atoms with E-state index in [-0.39, 0.29) is 16.9 Å². The van der Waals surface area contributed by atoms with E-state index < -0.39 is 22.7 Å². The van der Waals surface area contributed by atoms with Crippen LogP contribution in [0.4, 0.5) is 11.4 Å². The summed E-state index contributed by atoms with van der Waals surface area (Å²) < 4.78 is 10.5. The average molecular weight is 554 g/mol. The SMILES string of the molecule is COC(=O)c1ccc(NC(=O)C(=Cc2ccc([N+](=O)[O-])cc2)NC(=O)c2cc(Br)ccc2OC)cc1. The summed E-state index contributed by atoms with van der Waals surface area (Å²) in [6.07, 6.45) is 1.38. The number of methoxy groups -OCH3 is 2. The molecule has 2 amide bonds. The summed E-state index contributed by atoms with van der Waals surface area (Å²) in [4.78, 5) is 48.2. The van der Waals surface area contributed by atoms with Crippen LogP contribution in [-0.4, -0.2) is 36.9 Å². The van der Waals surface area contributed by atoms with Gasteiger partial charge >= 0.3 is 5.97 Å². The first-order valence-electron chi connectivity index (χ1n) is 10.3. The van der Waals surface area contributed by atoms with E-state index >= 15 is 0 Å². The molecule has 10 nitrogen and oxygen atoms in total. The van der Waals surface area contributed by atoms with Crippen LogP contribution >= 0.6 is 15.9 Å². The highest BCUT2D eigenvalue weighted by Crippen LogP contribution is 2.23. The molecule has 3 aromatic rings. The first-order chi connectivity index (χ1) is 17.2. The number of benzene rings is 3. The summed E-state index contributed by atoms with van der Waals surface area (Å²) in [5.41, 5.74) is 1.02. The molecule has 0 spiro atoms. The van der Waals surface area contributed by atoms with Crippen molar-refractivity contribution in [1.29, 1.82) is 0 Å². The van der Waals surface area contributed by atoms with Crippen molar-refractivity contribution in [3.8, 4) is 5.75 Å². The zero-order chi connectivity index (χ0) is 26.2. The summed E-state index contributed by atoms with van der Waals surface area (Å²) in [7, 11) is 2.68. The van der Waals surface area contributed by atoms with Crippen molar-refractivity contribution in [2.45, 2.75) is 0 Å². The highest BCUT2D eigenvalue weighted by atomic mass is 79.9.